The average molecular weight is 270 g/mol. The highest BCUT2D eigenvalue weighted by atomic mass is 16.4. The molecule has 0 aliphatic carbocycles. The summed E-state index contributed by atoms with van der Waals surface area (Å²) in [5.74, 6) is -0.590. The molecule has 1 amide bonds. The lowest BCUT2D eigenvalue weighted by molar-refractivity contribution is -0.140. The number of piperidine rings is 1. The van der Waals surface area contributed by atoms with Gasteiger partial charge in [0.2, 0.25) is 5.91 Å². The SMILES string of the molecule is NCCCCCC(=O)N1CCCCC1CCC(=O)O. The van der Waals surface area contributed by atoms with Crippen LogP contribution >= 0.6 is 0 Å². The molecule has 5 heteroatoms. The van der Waals surface area contributed by atoms with Crippen LogP contribution in [0.1, 0.15) is 57.8 Å². The fourth-order valence-electron chi connectivity index (χ4n) is 2.66. The van der Waals surface area contributed by atoms with E-state index in [1.807, 2.05) is 4.90 Å². The molecule has 1 rings (SSSR count). The largest absolute Gasteiger partial charge is 0.481 e. The fraction of sp³-hybridized carbons (Fsp3) is 0.857. The number of unbranched alkanes of at least 4 members (excludes halogenated alkanes) is 2. The summed E-state index contributed by atoms with van der Waals surface area (Å²) < 4.78 is 0. The third-order valence-electron chi connectivity index (χ3n) is 3.73. The standard InChI is InChI=1S/C14H26N2O3/c15-10-4-1-2-7-13(17)16-11-5-3-6-12(16)8-9-14(18)19/h12H,1-11,15H2,(H,18,19). The Morgan fingerprint density at radius 3 is 2.63 bits per heavy atom. The first-order valence-electron chi connectivity index (χ1n) is 7.36. The number of rotatable bonds is 8. The lowest BCUT2D eigenvalue weighted by Crippen LogP contribution is -2.43. The van der Waals surface area contributed by atoms with Gasteiger partial charge in [-0.15, -0.1) is 0 Å². The van der Waals surface area contributed by atoms with Gasteiger partial charge in [-0.1, -0.05) is 6.42 Å². The van der Waals surface area contributed by atoms with Crippen molar-refractivity contribution in [3.8, 4) is 0 Å². The van der Waals surface area contributed by atoms with Crippen molar-refractivity contribution < 1.29 is 14.7 Å². The molecule has 1 fully saturated rings. The van der Waals surface area contributed by atoms with E-state index < -0.39 is 5.97 Å². The zero-order valence-electron chi connectivity index (χ0n) is 11.6. The Hall–Kier alpha value is -1.10. The third-order valence-corrected chi connectivity index (χ3v) is 3.73. The second-order valence-electron chi connectivity index (χ2n) is 5.27. The van der Waals surface area contributed by atoms with Crippen LogP contribution in [0.2, 0.25) is 0 Å². The normalized spacial score (nSPS) is 19.4. The number of nitrogens with zero attached hydrogens (tertiary/aromatic N) is 1. The number of carbonyl (C=O) groups is 2. The molecule has 110 valence electrons. The van der Waals surface area contributed by atoms with Crippen molar-refractivity contribution >= 4 is 11.9 Å². The molecule has 0 aromatic carbocycles. The summed E-state index contributed by atoms with van der Waals surface area (Å²) in [5.41, 5.74) is 5.43. The number of carboxylic acid groups (broad SMARTS) is 1. The second-order valence-corrected chi connectivity index (χ2v) is 5.27. The maximum absolute atomic E-state index is 12.2. The number of hydrogen-bond donors (Lipinski definition) is 2. The van der Waals surface area contributed by atoms with Gasteiger partial charge in [-0.3, -0.25) is 9.59 Å². The summed E-state index contributed by atoms with van der Waals surface area (Å²) in [7, 11) is 0. The van der Waals surface area contributed by atoms with Crippen molar-refractivity contribution in [1.29, 1.82) is 0 Å². The Balaban J connectivity index is 2.37. The summed E-state index contributed by atoms with van der Waals surface area (Å²) in [6, 6.07) is 0.131. The number of carbonyl (C=O) groups excluding carboxylic acids is 1. The average Bonchev–Trinajstić information content (AvgIpc) is 2.41. The second kappa shape index (κ2) is 8.91. The number of amides is 1. The van der Waals surface area contributed by atoms with Crippen LogP contribution < -0.4 is 5.73 Å². The van der Waals surface area contributed by atoms with Gasteiger partial charge in [0.05, 0.1) is 0 Å². The van der Waals surface area contributed by atoms with E-state index in [1.165, 1.54) is 0 Å². The molecule has 0 radical (unpaired) electrons. The summed E-state index contributed by atoms with van der Waals surface area (Å²) in [6.45, 7) is 1.47. The monoisotopic (exact) mass is 270 g/mol. The van der Waals surface area contributed by atoms with E-state index in [1.54, 1.807) is 0 Å². The van der Waals surface area contributed by atoms with Gasteiger partial charge in [0, 0.05) is 25.4 Å². The summed E-state index contributed by atoms with van der Waals surface area (Å²) in [5, 5.41) is 8.75. The van der Waals surface area contributed by atoms with E-state index in [0.717, 1.165) is 45.1 Å². The van der Waals surface area contributed by atoms with Gasteiger partial charge in [0.25, 0.3) is 0 Å². The van der Waals surface area contributed by atoms with E-state index in [0.29, 0.717) is 19.4 Å². The minimum atomic E-state index is -0.777. The van der Waals surface area contributed by atoms with Gasteiger partial charge in [-0.05, 0) is 45.1 Å². The number of likely N-dealkylation sites (tertiary alicyclic amines) is 1. The zero-order valence-corrected chi connectivity index (χ0v) is 11.6. The van der Waals surface area contributed by atoms with E-state index in [9.17, 15) is 9.59 Å². The maximum atomic E-state index is 12.2. The molecule has 0 spiro atoms. The van der Waals surface area contributed by atoms with Crippen molar-refractivity contribution in [2.75, 3.05) is 13.1 Å². The minimum absolute atomic E-state index is 0.131. The molecule has 1 aliphatic heterocycles. The van der Waals surface area contributed by atoms with Crippen LogP contribution in [0.5, 0.6) is 0 Å². The topological polar surface area (TPSA) is 83.6 Å². The molecule has 1 atom stereocenters. The highest BCUT2D eigenvalue weighted by molar-refractivity contribution is 5.76. The van der Waals surface area contributed by atoms with E-state index in [4.69, 9.17) is 10.8 Å². The molecule has 1 unspecified atom stereocenters. The lowest BCUT2D eigenvalue weighted by Gasteiger charge is -2.35. The number of aliphatic carboxylic acids is 1. The molecule has 1 heterocycles. The Morgan fingerprint density at radius 2 is 1.95 bits per heavy atom. The quantitative estimate of drug-likeness (QED) is 0.658. The van der Waals surface area contributed by atoms with Crippen molar-refractivity contribution in [2.24, 2.45) is 5.73 Å². The van der Waals surface area contributed by atoms with Crippen LogP contribution in [0.15, 0.2) is 0 Å². The molecule has 3 N–H and O–H groups in total. The van der Waals surface area contributed by atoms with Crippen molar-refractivity contribution in [3.63, 3.8) is 0 Å². The number of nitrogens with two attached hydrogens (primary N) is 1. The Bertz CT molecular complexity index is 294. The van der Waals surface area contributed by atoms with Gasteiger partial charge in [-0.2, -0.15) is 0 Å². The molecule has 5 nitrogen and oxygen atoms in total. The van der Waals surface area contributed by atoms with E-state index >= 15 is 0 Å². The molecular weight excluding hydrogens is 244 g/mol. The number of carboxylic acids is 1. The minimum Gasteiger partial charge on any atom is -0.481 e. The van der Waals surface area contributed by atoms with Crippen LogP contribution in [0.4, 0.5) is 0 Å². The Morgan fingerprint density at radius 1 is 1.16 bits per heavy atom. The van der Waals surface area contributed by atoms with Crippen LogP contribution in [0.25, 0.3) is 0 Å². The van der Waals surface area contributed by atoms with Crippen LogP contribution in [0.3, 0.4) is 0 Å². The van der Waals surface area contributed by atoms with Gasteiger partial charge in [-0.25, -0.2) is 0 Å². The van der Waals surface area contributed by atoms with E-state index in [-0.39, 0.29) is 18.4 Å². The highest BCUT2D eigenvalue weighted by Crippen LogP contribution is 2.22. The van der Waals surface area contributed by atoms with Crippen LogP contribution in [0, 0.1) is 0 Å². The maximum Gasteiger partial charge on any atom is 0.303 e. The van der Waals surface area contributed by atoms with Crippen molar-refractivity contribution in [1.82, 2.24) is 4.90 Å². The van der Waals surface area contributed by atoms with Gasteiger partial charge in [0.15, 0.2) is 0 Å². The predicted molar refractivity (Wildman–Crippen MR) is 73.7 cm³/mol. The first-order chi connectivity index (χ1) is 9.15. The number of hydrogen-bond acceptors (Lipinski definition) is 3. The predicted octanol–water partition coefficient (Wildman–Crippen LogP) is 1.75. The molecular formula is C14H26N2O3. The molecule has 0 aromatic rings. The van der Waals surface area contributed by atoms with Gasteiger partial charge < -0.3 is 15.7 Å². The third kappa shape index (κ3) is 6.05. The molecule has 1 saturated heterocycles. The summed E-state index contributed by atoms with van der Waals surface area (Å²) in [4.78, 5) is 24.7. The first-order valence-corrected chi connectivity index (χ1v) is 7.36. The Labute approximate surface area is 115 Å². The van der Waals surface area contributed by atoms with Gasteiger partial charge >= 0.3 is 5.97 Å². The summed E-state index contributed by atoms with van der Waals surface area (Å²) >= 11 is 0. The fourth-order valence-corrected chi connectivity index (χ4v) is 2.66. The lowest BCUT2D eigenvalue weighted by atomic mass is 9.97. The first kappa shape index (κ1) is 16.0. The smallest absolute Gasteiger partial charge is 0.303 e. The van der Waals surface area contributed by atoms with Crippen LogP contribution in [-0.2, 0) is 9.59 Å². The molecule has 0 aromatic heterocycles. The Kier molecular flexibility index (Phi) is 7.48. The zero-order chi connectivity index (χ0) is 14.1. The van der Waals surface area contributed by atoms with Crippen LogP contribution in [-0.4, -0.2) is 41.0 Å². The molecule has 1 aliphatic rings. The van der Waals surface area contributed by atoms with Crippen molar-refractivity contribution in [2.45, 2.75) is 63.8 Å². The van der Waals surface area contributed by atoms with E-state index in [2.05, 4.69) is 0 Å². The summed E-state index contributed by atoms with van der Waals surface area (Å²) in [6.07, 6.45) is 7.25. The highest BCUT2D eigenvalue weighted by Gasteiger charge is 2.26. The molecule has 0 saturated carbocycles. The molecule has 0 bridgehead atoms. The van der Waals surface area contributed by atoms with Crippen molar-refractivity contribution in [3.05, 3.63) is 0 Å². The van der Waals surface area contributed by atoms with Gasteiger partial charge in [0.1, 0.15) is 0 Å². The molecule has 19 heavy (non-hydrogen) atoms.